The van der Waals surface area contributed by atoms with Crippen molar-refractivity contribution in [2.24, 2.45) is 4.99 Å². The van der Waals surface area contributed by atoms with E-state index in [4.69, 9.17) is 0 Å². The van der Waals surface area contributed by atoms with Gasteiger partial charge in [0.05, 0.1) is 12.3 Å². The number of hydrogen-bond donors (Lipinski definition) is 2. The summed E-state index contributed by atoms with van der Waals surface area (Å²) in [7, 11) is -3.68. The Labute approximate surface area is 159 Å². The summed E-state index contributed by atoms with van der Waals surface area (Å²) in [5.74, 6) is -0.364. The zero-order valence-corrected chi connectivity index (χ0v) is 16.7. The highest BCUT2D eigenvalue weighted by Gasteiger charge is 2.18. The number of nitrogens with zero attached hydrogens (tertiary/aromatic N) is 1. The van der Waals surface area contributed by atoms with Crippen LogP contribution in [0.15, 0.2) is 46.3 Å². The summed E-state index contributed by atoms with van der Waals surface area (Å²) >= 11 is 0. The molecule has 0 spiro atoms. The van der Waals surface area contributed by atoms with E-state index in [0.717, 1.165) is 18.9 Å². The predicted molar refractivity (Wildman–Crippen MR) is 105 cm³/mol. The van der Waals surface area contributed by atoms with E-state index in [-0.39, 0.29) is 47.2 Å². The van der Waals surface area contributed by atoms with Gasteiger partial charge in [-0.1, -0.05) is 24.3 Å². The van der Waals surface area contributed by atoms with Crippen LogP contribution in [-0.4, -0.2) is 39.3 Å². The van der Waals surface area contributed by atoms with Gasteiger partial charge < -0.3 is 10.6 Å². The van der Waals surface area contributed by atoms with E-state index >= 15 is 0 Å². The summed E-state index contributed by atoms with van der Waals surface area (Å²) < 4.78 is 38.0. The second-order valence-corrected chi connectivity index (χ2v) is 7.37. The van der Waals surface area contributed by atoms with E-state index in [1.165, 1.54) is 18.2 Å². The van der Waals surface area contributed by atoms with Crippen LogP contribution in [0.3, 0.4) is 0 Å². The predicted octanol–water partition coefficient (Wildman–Crippen LogP) is 2.49. The molecule has 5 nitrogen and oxygen atoms in total. The van der Waals surface area contributed by atoms with Crippen molar-refractivity contribution in [3.63, 3.8) is 0 Å². The molecule has 0 saturated carbocycles. The molecular formula is C16H23FIN3O2S. The van der Waals surface area contributed by atoms with Crippen molar-refractivity contribution in [1.29, 1.82) is 0 Å². The first-order valence-corrected chi connectivity index (χ1v) is 9.35. The number of benzene rings is 1. The normalized spacial score (nSPS) is 15.2. The zero-order chi connectivity index (χ0) is 16.7. The zero-order valence-electron chi connectivity index (χ0n) is 13.5. The van der Waals surface area contributed by atoms with Crippen LogP contribution in [0.1, 0.15) is 19.8 Å². The van der Waals surface area contributed by atoms with E-state index in [1.54, 1.807) is 0 Å². The molecular weight excluding hydrogens is 444 g/mol. The molecule has 2 rings (SSSR count). The number of aliphatic imine (C=N–C) groups is 1. The summed E-state index contributed by atoms with van der Waals surface area (Å²) in [6.07, 6.45) is 6.06. The van der Waals surface area contributed by atoms with Crippen molar-refractivity contribution < 1.29 is 12.8 Å². The highest BCUT2D eigenvalue weighted by Crippen LogP contribution is 2.15. The number of halogens is 2. The maximum Gasteiger partial charge on any atom is 0.191 e. The Hall–Kier alpha value is -1.16. The molecule has 0 aromatic heterocycles. The second-order valence-electron chi connectivity index (χ2n) is 5.29. The van der Waals surface area contributed by atoms with Gasteiger partial charge in [-0.3, -0.25) is 4.99 Å². The average Bonchev–Trinajstić information content (AvgIpc) is 3.00. The Bertz CT molecular complexity index is 684. The van der Waals surface area contributed by atoms with Gasteiger partial charge in [-0.2, -0.15) is 0 Å². The summed E-state index contributed by atoms with van der Waals surface area (Å²) in [5.41, 5.74) is 0. The molecule has 2 N–H and O–H groups in total. The average molecular weight is 467 g/mol. The van der Waals surface area contributed by atoms with Gasteiger partial charge >= 0.3 is 0 Å². The third kappa shape index (κ3) is 6.04. The highest BCUT2D eigenvalue weighted by molar-refractivity contribution is 14.0. The molecule has 1 aromatic carbocycles. The minimum absolute atomic E-state index is 0. The van der Waals surface area contributed by atoms with Gasteiger partial charge in [-0.25, -0.2) is 12.8 Å². The summed E-state index contributed by atoms with van der Waals surface area (Å²) in [6.45, 7) is 2.71. The van der Waals surface area contributed by atoms with Gasteiger partial charge in [0.2, 0.25) is 0 Å². The lowest BCUT2D eigenvalue weighted by atomic mass is 10.2. The van der Waals surface area contributed by atoms with Crippen LogP contribution in [0.25, 0.3) is 0 Å². The second kappa shape index (κ2) is 9.97. The van der Waals surface area contributed by atoms with Crippen LogP contribution in [0.5, 0.6) is 0 Å². The molecule has 134 valence electrons. The third-order valence-electron chi connectivity index (χ3n) is 3.49. The molecule has 0 fully saturated rings. The summed E-state index contributed by atoms with van der Waals surface area (Å²) in [5, 5.41) is 6.35. The largest absolute Gasteiger partial charge is 0.357 e. The molecule has 0 bridgehead atoms. The van der Waals surface area contributed by atoms with E-state index in [1.807, 2.05) is 6.92 Å². The Morgan fingerprint density at radius 2 is 1.96 bits per heavy atom. The lowest BCUT2D eigenvalue weighted by molar-refractivity contribution is 0.567. The van der Waals surface area contributed by atoms with Gasteiger partial charge in [0.15, 0.2) is 15.8 Å². The number of nitrogens with one attached hydrogen (secondary N) is 2. The Morgan fingerprint density at radius 3 is 2.58 bits per heavy atom. The number of guanidine groups is 1. The van der Waals surface area contributed by atoms with Crippen molar-refractivity contribution in [3.8, 4) is 0 Å². The molecule has 0 saturated heterocycles. The monoisotopic (exact) mass is 467 g/mol. The van der Waals surface area contributed by atoms with Gasteiger partial charge in [0, 0.05) is 12.6 Å². The molecule has 0 unspecified atom stereocenters. The topological polar surface area (TPSA) is 70.6 Å². The lowest BCUT2D eigenvalue weighted by Crippen LogP contribution is -2.42. The van der Waals surface area contributed by atoms with E-state index < -0.39 is 15.7 Å². The first-order chi connectivity index (χ1) is 11.0. The van der Waals surface area contributed by atoms with Crippen molar-refractivity contribution in [2.45, 2.75) is 30.7 Å². The fraction of sp³-hybridized carbons (Fsp3) is 0.438. The maximum absolute atomic E-state index is 13.6. The minimum Gasteiger partial charge on any atom is -0.357 e. The van der Waals surface area contributed by atoms with Crippen LogP contribution in [0.4, 0.5) is 4.39 Å². The first-order valence-electron chi connectivity index (χ1n) is 7.70. The van der Waals surface area contributed by atoms with E-state index in [9.17, 15) is 12.8 Å². The van der Waals surface area contributed by atoms with Crippen molar-refractivity contribution in [1.82, 2.24) is 10.6 Å². The molecule has 0 amide bonds. The van der Waals surface area contributed by atoms with Gasteiger partial charge in [-0.15, -0.1) is 24.0 Å². The Kier molecular flexibility index (Phi) is 8.68. The fourth-order valence-electron chi connectivity index (χ4n) is 2.33. The minimum atomic E-state index is -3.68. The molecule has 0 atom stereocenters. The number of hydrogen-bond acceptors (Lipinski definition) is 3. The molecule has 0 aliphatic heterocycles. The molecule has 1 aliphatic rings. The lowest BCUT2D eigenvalue weighted by Gasteiger charge is -2.16. The highest BCUT2D eigenvalue weighted by atomic mass is 127. The molecule has 1 aliphatic carbocycles. The van der Waals surface area contributed by atoms with Crippen LogP contribution in [0.2, 0.25) is 0 Å². The fourth-order valence-corrected chi connectivity index (χ4v) is 3.54. The smallest absolute Gasteiger partial charge is 0.191 e. The van der Waals surface area contributed by atoms with Gasteiger partial charge in [0.1, 0.15) is 10.7 Å². The summed E-state index contributed by atoms with van der Waals surface area (Å²) in [4.78, 5) is 4.01. The molecule has 0 radical (unpaired) electrons. The summed E-state index contributed by atoms with van der Waals surface area (Å²) in [6, 6.07) is 5.69. The SMILES string of the molecule is CCNC(=NCCS(=O)(=O)c1ccccc1F)NC1CC=CC1.I. The molecule has 8 heteroatoms. The molecule has 0 heterocycles. The van der Waals surface area contributed by atoms with Crippen LogP contribution < -0.4 is 10.6 Å². The standard InChI is InChI=1S/C16H22FN3O2S.HI/c1-2-18-16(20-13-7-3-4-8-13)19-11-12-23(21,22)15-10-6-5-9-14(15)17;/h3-6,9-10,13H,2,7-8,11-12H2,1H3,(H2,18,19,20);1H. The van der Waals surface area contributed by atoms with Crippen LogP contribution in [-0.2, 0) is 9.84 Å². The van der Waals surface area contributed by atoms with Crippen molar-refractivity contribution >= 4 is 39.8 Å². The maximum atomic E-state index is 13.6. The first kappa shape index (κ1) is 20.9. The van der Waals surface area contributed by atoms with E-state index in [2.05, 4.69) is 27.8 Å². The van der Waals surface area contributed by atoms with Crippen LogP contribution >= 0.6 is 24.0 Å². The number of sulfone groups is 1. The number of rotatable bonds is 6. The van der Waals surface area contributed by atoms with Gasteiger partial charge in [0.25, 0.3) is 0 Å². The Morgan fingerprint density at radius 1 is 1.29 bits per heavy atom. The van der Waals surface area contributed by atoms with E-state index in [0.29, 0.717) is 12.5 Å². The third-order valence-corrected chi connectivity index (χ3v) is 5.22. The van der Waals surface area contributed by atoms with Crippen LogP contribution in [0, 0.1) is 5.82 Å². The molecule has 1 aromatic rings. The quantitative estimate of drug-likeness (QED) is 0.292. The van der Waals surface area contributed by atoms with Gasteiger partial charge in [-0.05, 0) is 31.9 Å². The Balaban J connectivity index is 0.00000288. The van der Waals surface area contributed by atoms with Crippen molar-refractivity contribution in [3.05, 3.63) is 42.2 Å². The van der Waals surface area contributed by atoms with Crippen molar-refractivity contribution in [2.75, 3.05) is 18.8 Å². The molecule has 24 heavy (non-hydrogen) atoms.